The topological polar surface area (TPSA) is 45.2 Å². The number of nitrogens with zero attached hydrogens (tertiary/aromatic N) is 2. The molecule has 1 aromatic carbocycles. The van der Waals surface area contributed by atoms with Crippen molar-refractivity contribution < 1.29 is 4.79 Å². The first-order chi connectivity index (χ1) is 12.1. The molecule has 0 unspecified atom stereocenters. The van der Waals surface area contributed by atoms with Crippen LogP contribution in [0.5, 0.6) is 0 Å². The predicted molar refractivity (Wildman–Crippen MR) is 104 cm³/mol. The molecule has 0 bridgehead atoms. The van der Waals surface area contributed by atoms with E-state index in [2.05, 4.69) is 24.1 Å². The van der Waals surface area contributed by atoms with Crippen molar-refractivity contribution in [3.63, 3.8) is 0 Å². The normalized spacial score (nSPS) is 10.5. The number of anilines is 1. The molecule has 0 aliphatic heterocycles. The summed E-state index contributed by atoms with van der Waals surface area (Å²) in [6.45, 7) is 6.50. The molecule has 0 spiro atoms. The van der Waals surface area contributed by atoms with Crippen molar-refractivity contribution in [2.75, 3.05) is 25.0 Å². The Morgan fingerprint density at radius 1 is 1.12 bits per heavy atom. The number of hydrogen-bond donors (Lipinski definition) is 1. The zero-order chi connectivity index (χ0) is 18.1. The summed E-state index contributed by atoms with van der Waals surface area (Å²) in [5.41, 5.74) is 1.90. The summed E-state index contributed by atoms with van der Waals surface area (Å²) in [5, 5.41) is 4.03. The van der Waals surface area contributed by atoms with E-state index in [0.717, 1.165) is 49.7 Å². The van der Waals surface area contributed by atoms with E-state index in [4.69, 9.17) is 11.6 Å². The van der Waals surface area contributed by atoms with Crippen LogP contribution in [0, 0.1) is 0 Å². The van der Waals surface area contributed by atoms with Crippen molar-refractivity contribution in [3.05, 3.63) is 58.7 Å². The summed E-state index contributed by atoms with van der Waals surface area (Å²) < 4.78 is 0. The van der Waals surface area contributed by atoms with Gasteiger partial charge < -0.3 is 10.2 Å². The summed E-state index contributed by atoms with van der Waals surface area (Å²) in [4.78, 5) is 18.9. The van der Waals surface area contributed by atoms with Crippen LogP contribution in [0.1, 0.15) is 42.6 Å². The highest BCUT2D eigenvalue weighted by Gasteiger charge is 2.14. The summed E-state index contributed by atoms with van der Waals surface area (Å²) >= 11 is 5.90. The predicted octanol–water partition coefficient (Wildman–Crippen LogP) is 4.65. The number of rotatable bonds is 9. The van der Waals surface area contributed by atoms with Crippen LogP contribution in [0.15, 0.2) is 42.6 Å². The fraction of sp³-hybridized carbons (Fsp3) is 0.400. The molecule has 1 amide bonds. The Kier molecular flexibility index (Phi) is 7.74. The molecule has 1 heterocycles. The molecule has 5 heteroatoms. The third kappa shape index (κ3) is 6.05. The smallest absolute Gasteiger partial charge is 0.254 e. The molecule has 1 N–H and O–H groups in total. The number of aromatic nitrogens is 1. The second-order valence-corrected chi connectivity index (χ2v) is 6.46. The Labute approximate surface area is 155 Å². The van der Waals surface area contributed by atoms with Gasteiger partial charge in [0.25, 0.3) is 5.91 Å². The molecule has 4 nitrogen and oxygen atoms in total. The second-order valence-electron chi connectivity index (χ2n) is 6.03. The lowest BCUT2D eigenvalue weighted by atomic mass is 10.1. The third-order valence-corrected chi connectivity index (χ3v) is 4.17. The minimum Gasteiger partial charge on any atom is -0.370 e. The van der Waals surface area contributed by atoms with Crippen molar-refractivity contribution >= 4 is 23.3 Å². The number of hydrogen-bond acceptors (Lipinski definition) is 3. The number of halogens is 1. The Morgan fingerprint density at radius 2 is 1.80 bits per heavy atom. The summed E-state index contributed by atoms with van der Waals surface area (Å²) in [7, 11) is 0. The number of carbonyl (C=O) groups is 1. The van der Waals surface area contributed by atoms with Gasteiger partial charge in [-0.05, 0) is 49.1 Å². The molecule has 0 fully saturated rings. The lowest BCUT2D eigenvalue weighted by molar-refractivity contribution is 0.0755. The molecule has 0 aliphatic rings. The Balaban J connectivity index is 1.95. The first kappa shape index (κ1) is 19.3. The molecule has 0 saturated carbocycles. The van der Waals surface area contributed by atoms with Crippen molar-refractivity contribution in [2.24, 2.45) is 0 Å². The standard InChI is InChI=1S/C20H26ClN3O/c1-3-13-24(14-4-2)20(25)17-10-12-23-19(15-17)22-11-9-16-5-7-18(21)8-6-16/h5-8,10,12,15H,3-4,9,11,13-14H2,1-2H3,(H,22,23). The number of carbonyl (C=O) groups excluding carboxylic acids is 1. The van der Waals surface area contributed by atoms with E-state index in [1.165, 1.54) is 5.56 Å². The van der Waals surface area contributed by atoms with Gasteiger partial charge in [-0.15, -0.1) is 0 Å². The number of amides is 1. The average Bonchev–Trinajstić information content (AvgIpc) is 2.63. The van der Waals surface area contributed by atoms with Crippen molar-refractivity contribution in [3.8, 4) is 0 Å². The number of benzene rings is 1. The van der Waals surface area contributed by atoms with Gasteiger partial charge in [0, 0.05) is 36.4 Å². The van der Waals surface area contributed by atoms with Crippen LogP contribution in [0.4, 0.5) is 5.82 Å². The first-order valence-electron chi connectivity index (χ1n) is 8.87. The third-order valence-electron chi connectivity index (χ3n) is 3.91. The molecule has 0 aliphatic carbocycles. The van der Waals surface area contributed by atoms with E-state index in [0.29, 0.717) is 5.56 Å². The van der Waals surface area contributed by atoms with Gasteiger partial charge in [0.2, 0.25) is 0 Å². The number of nitrogens with one attached hydrogen (secondary N) is 1. The van der Waals surface area contributed by atoms with Crippen LogP contribution in [0.2, 0.25) is 5.02 Å². The average molecular weight is 360 g/mol. The first-order valence-corrected chi connectivity index (χ1v) is 9.25. The van der Waals surface area contributed by atoms with Crippen LogP contribution >= 0.6 is 11.6 Å². The summed E-state index contributed by atoms with van der Waals surface area (Å²) in [6, 6.07) is 11.4. The van der Waals surface area contributed by atoms with Crippen LogP contribution < -0.4 is 5.32 Å². The molecule has 0 saturated heterocycles. The van der Waals surface area contributed by atoms with E-state index >= 15 is 0 Å². The highest BCUT2D eigenvalue weighted by atomic mass is 35.5. The van der Waals surface area contributed by atoms with Crippen molar-refractivity contribution in [2.45, 2.75) is 33.1 Å². The summed E-state index contributed by atoms with van der Waals surface area (Å²) in [6.07, 6.45) is 4.48. The maximum absolute atomic E-state index is 12.7. The van der Waals surface area contributed by atoms with E-state index in [9.17, 15) is 4.79 Å². The van der Waals surface area contributed by atoms with E-state index in [-0.39, 0.29) is 5.91 Å². The molecular weight excluding hydrogens is 334 g/mol. The fourth-order valence-corrected chi connectivity index (χ4v) is 2.81. The van der Waals surface area contributed by atoms with Gasteiger partial charge in [-0.1, -0.05) is 37.6 Å². The van der Waals surface area contributed by atoms with Crippen LogP contribution in [0.3, 0.4) is 0 Å². The molecule has 2 aromatic rings. The quantitative estimate of drug-likeness (QED) is 0.708. The largest absolute Gasteiger partial charge is 0.370 e. The minimum atomic E-state index is 0.0758. The maximum atomic E-state index is 12.7. The SMILES string of the molecule is CCCN(CCC)C(=O)c1ccnc(NCCc2ccc(Cl)cc2)c1. The lowest BCUT2D eigenvalue weighted by Crippen LogP contribution is -2.32. The molecule has 0 atom stereocenters. The van der Waals surface area contributed by atoms with Gasteiger partial charge in [0.1, 0.15) is 5.82 Å². The highest BCUT2D eigenvalue weighted by Crippen LogP contribution is 2.12. The fourth-order valence-electron chi connectivity index (χ4n) is 2.68. The monoisotopic (exact) mass is 359 g/mol. The molecule has 0 radical (unpaired) electrons. The van der Waals surface area contributed by atoms with E-state index in [1.807, 2.05) is 35.2 Å². The molecule has 2 rings (SSSR count). The summed E-state index contributed by atoms with van der Waals surface area (Å²) in [5.74, 6) is 0.805. The lowest BCUT2D eigenvalue weighted by Gasteiger charge is -2.21. The highest BCUT2D eigenvalue weighted by molar-refractivity contribution is 6.30. The van der Waals surface area contributed by atoms with Gasteiger partial charge in [-0.25, -0.2) is 4.98 Å². The molecule has 1 aromatic heterocycles. The Hall–Kier alpha value is -2.07. The van der Waals surface area contributed by atoms with E-state index in [1.54, 1.807) is 12.3 Å². The minimum absolute atomic E-state index is 0.0758. The van der Waals surface area contributed by atoms with Gasteiger partial charge >= 0.3 is 0 Å². The van der Waals surface area contributed by atoms with Gasteiger partial charge in [-0.2, -0.15) is 0 Å². The zero-order valence-electron chi connectivity index (χ0n) is 15.0. The van der Waals surface area contributed by atoms with Gasteiger partial charge in [-0.3, -0.25) is 4.79 Å². The van der Waals surface area contributed by atoms with Gasteiger partial charge in [0.15, 0.2) is 0 Å². The van der Waals surface area contributed by atoms with E-state index < -0.39 is 0 Å². The molecular formula is C20H26ClN3O. The van der Waals surface area contributed by atoms with Crippen LogP contribution in [-0.2, 0) is 6.42 Å². The Bertz CT molecular complexity index is 667. The maximum Gasteiger partial charge on any atom is 0.254 e. The van der Waals surface area contributed by atoms with Crippen LogP contribution in [0.25, 0.3) is 0 Å². The molecule has 134 valence electrons. The van der Waals surface area contributed by atoms with Crippen LogP contribution in [-0.4, -0.2) is 35.4 Å². The van der Waals surface area contributed by atoms with Crippen molar-refractivity contribution in [1.82, 2.24) is 9.88 Å². The second kappa shape index (κ2) is 10.0. The Morgan fingerprint density at radius 3 is 2.44 bits per heavy atom. The number of pyridine rings is 1. The molecule has 25 heavy (non-hydrogen) atoms. The zero-order valence-corrected chi connectivity index (χ0v) is 15.7. The van der Waals surface area contributed by atoms with Gasteiger partial charge in [0.05, 0.1) is 0 Å². The van der Waals surface area contributed by atoms with Crippen molar-refractivity contribution in [1.29, 1.82) is 0 Å².